The Balaban J connectivity index is 1.57. The number of hydrogen-bond donors (Lipinski definition) is 2. The van der Waals surface area contributed by atoms with E-state index in [1.807, 2.05) is 46.9 Å². The molecule has 9 heteroatoms. The molecule has 1 aliphatic carbocycles. The minimum absolute atomic E-state index is 0.0814. The van der Waals surface area contributed by atoms with E-state index < -0.39 is 29.1 Å². The van der Waals surface area contributed by atoms with Gasteiger partial charge in [0.2, 0.25) is 11.8 Å². The van der Waals surface area contributed by atoms with Crippen LogP contribution in [0.5, 0.6) is 0 Å². The van der Waals surface area contributed by atoms with Crippen LogP contribution in [0.3, 0.4) is 0 Å². The number of likely N-dealkylation sites (tertiary alicyclic amines) is 1. The summed E-state index contributed by atoms with van der Waals surface area (Å²) in [7, 11) is 0. The number of aliphatic hydroxyl groups excluding tert-OH is 1. The third-order valence-electron chi connectivity index (χ3n) is 6.86. The summed E-state index contributed by atoms with van der Waals surface area (Å²) in [5.41, 5.74) is 0.912. The first-order valence-corrected chi connectivity index (χ1v) is 12.1. The molecule has 4 rings (SSSR count). The average molecular weight is 479 g/mol. The van der Waals surface area contributed by atoms with Gasteiger partial charge in [0, 0.05) is 25.1 Å². The molecule has 35 heavy (non-hydrogen) atoms. The van der Waals surface area contributed by atoms with Gasteiger partial charge in [0.15, 0.2) is 0 Å². The van der Waals surface area contributed by atoms with Crippen molar-refractivity contribution in [2.45, 2.75) is 83.5 Å². The lowest BCUT2D eigenvalue weighted by Crippen LogP contribution is -2.53. The molecule has 9 nitrogen and oxygen atoms in total. The summed E-state index contributed by atoms with van der Waals surface area (Å²) in [6.07, 6.45) is 3.38. The first kappa shape index (κ1) is 24.9. The standard InChI is InChI=1S/C26H34N6O3/c1-25(2,3)22(32-15-20(29-30-32)17-9-10-17)24(35)31-14-19(33)12-21(31)23(34)28-26(4,5)18-8-6-7-16(11-18)13-27/h6-8,11,15,17,19,21-22,33H,9-10,12,14H2,1-5H3,(H,28,34)/t19-,21+,22-/m1/s1. The van der Waals surface area contributed by atoms with Gasteiger partial charge in [0.05, 0.1) is 29.0 Å². The number of rotatable bonds is 6. The molecule has 0 unspecified atom stereocenters. The van der Waals surface area contributed by atoms with Crippen LogP contribution in [0, 0.1) is 16.7 Å². The number of carbonyl (C=O) groups excluding carboxylic acids is 2. The maximum absolute atomic E-state index is 13.9. The van der Waals surface area contributed by atoms with E-state index in [-0.39, 0.29) is 24.8 Å². The van der Waals surface area contributed by atoms with E-state index in [2.05, 4.69) is 21.7 Å². The third kappa shape index (κ3) is 5.22. The van der Waals surface area contributed by atoms with Crippen LogP contribution in [0.25, 0.3) is 0 Å². The Morgan fingerprint density at radius 1 is 1.23 bits per heavy atom. The van der Waals surface area contributed by atoms with E-state index in [0.717, 1.165) is 24.1 Å². The summed E-state index contributed by atoms with van der Waals surface area (Å²) in [5, 5.41) is 31.3. The van der Waals surface area contributed by atoms with Gasteiger partial charge in [-0.3, -0.25) is 9.59 Å². The molecule has 2 aromatic rings. The van der Waals surface area contributed by atoms with Crippen LogP contribution >= 0.6 is 0 Å². The third-order valence-corrected chi connectivity index (χ3v) is 6.86. The van der Waals surface area contributed by atoms with E-state index in [4.69, 9.17) is 0 Å². The first-order chi connectivity index (χ1) is 16.4. The highest BCUT2D eigenvalue weighted by Gasteiger charge is 2.46. The molecule has 0 radical (unpaired) electrons. The SMILES string of the molecule is CC(C)(NC(=O)[C@@H]1C[C@@H](O)CN1C(=O)[C@@H](n1cc(C2CC2)nn1)C(C)(C)C)c1cccc(C#N)c1. The summed E-state index contributed by atoms with van der Waals surface area (Å²) in [6.45, 7) is 9.66. The Morgan fingerprint density at radius 3 is 2.57 bits per heavy atom. The second-order valence-corrected chi connectivity index (χ2v) is 11.4. The molecule has 1 saturated heterocycles. The van der Waals surface area contributed by atoms with Crippen molar-refractivity contribution in [3.05, 3.63) is 47.3 Å². The molecular formula is C26H34N6O3. The van der Waals surface area contributed by atoms with Crippen LogP contribution in [-0.2, 0) is 15.1 Å². The van der Waals surface area contributed by atoms with Gasteiger partial charge in [-0.1, -0.05) is 38.1 Å². The number of aliphatic hydroxyl groups is 1. The van der Waals surface area contributed by atoms with Crippen molar-refractivity contribution in [2.75, 3.05) is 6.54 Å². The zero-order valence-electron chi connectivity index (χ0n) is 21.0. The molecule has 1 aliphatic heterocycles. The van der Waals surface area contributed by atoms with Gasteiger partial charge in [-0.2, -0.15) is 5.26 Å². The molecule has 2 aliphatic rings. The molecule has 2 amide bonds. The van der Waals surface area contributed by atoms with Crippen LogP contribution in [-0.4, -0.2) is 55.5 Å². The molecule has 1 aromatic heterocycles. The Hall–Kier alpha value is -3.25. The van der Waals surface area contributed by atoms with Crippen molar-refractivity contribution in [3.63, 3.8) is 0 Å². The predicted molar refractivity (Wildman–Crippen MR) is 129 cm³/mol. The van der Waals surface area contributed by atoms with Crippen LogP contribution < -0.4 is 5.32 Å². The second-order valence-electron chi connectivity index (χ2n) is 11.4. The number of β-amino-alcohol motifs (C(OH)–C–C–N with tert-alkyl or cyclic N) is 1. The van der Waals surface area contributed by atoms with E-state index in [1.54, 1.807) is 22.9 Å². The van der Waals surface area contributed by atoms with Gasteiger partial charge in [-0.15, -0.1) is 5.10 Å². The van der Waals surface area contributed by atoms with Crippen molar-refractivity contribution in [1.29, 1.82) is 5.26 Å². The summed E-state index contributed by atoms with van der Waals surface area (Å²) in [6, 6.07) is 7.72. The van der Waals surface area contributed by atoms with E-state index in [9.17, 15) is 20.0 Å². The van der Waals surface area contributed by atoms with Gasteiger partial charge in [0.1, 0.15) is 12.1 Å². The van der Waals surface area contributed by atoms with Crippen LogP contribution in [0.15, 0.2) is 30.5 Å². The minimum Gasteiger partial charge on any atom is -0.391 e. The van der Waals surface area contributed by atoms with Gasteiger partial charge in [0.25, 0.3) is 0 Å². The molecule has 1 aromatic carbocycles. The fourth-order valence-electron chi connectivity index (χ4n) is 4.77. The quantitative estimate of drug-likeness (QED) is 0.658. The van der Waals surface area contributed by atoms with Crippen molar-refractivity contribution in [3.8, 4) is 6.07 Å². The molecule has 186 valence electrons. The number of nitrogens with zero attached hydrogens (tertiary/aromatic N) is 5. The van der Waals surface area contributed by atoms with Crippen molar-refractivity contribution >= 4 is 11.8 Å². The van der Waals surface area contributed by atoms with Crippen molar-refractivity contribution in [1.82, 2.24) is 25.2 Å². The Morgan fingerprint density at radius 2 is 1.94 bits per heavy atom. The zero-order valence-corrected chi connectivity index (χ0v) is 21.0. The average Bonchev–Trinajstić information content (AvgIpc) is 3.39. The molecule has 0 spiro atoms. The fourth-order valence-corrected chi connectivity index (χ4v) is 4.77. The molecule has 2 fully saturated rings. The molecule has 0 bridgehead atoms. The monoisotopic (exact) mass is 478 g/mol. The summed E-state index contributed by atoms with van der Waals surface area (Å²) < 4.78 is 1.62. The van der Waals surface area contributed by atoms with Crippen LogP contribution in [0.4, 0.5) is 0 Å². The second kappa shape index (κ2) is 9.08. The highest BCUT2D eigenvalue weighted by Crippen LogP contribution is 2.40. The van der Waals surface area contributed by atoms with Gasteiger partial charge < -0.3 is 15.3 Å². The summed E-state index contributed by atoms with van der Waals surface area (Å²) in [4.78, 5) is 28.8. The molecule has 2 N–H and O–H groups in total. The molecular weight excluding hydrogens is 444 g/mol. The smallest absolute Gasteiger partial charge is 0.248 e. The van der Waals surface area contributed by atoms with E-state index in [0.29, 0.717) is 11.5 Å². The zero-order chi connectivity index (χ0) is 25.5. The number of carbonyl (C=O) groups is 2. The fraction of sp³-hybridized carbons (Fsp3) is 0.577. The van der Waals surface area contributed by atoms with Gasteiger partial charge in [-0.05, 0) is 49.8 Å². The molecule has 1 saturated carbocycles. The summed E-state index contributed by atoms with van der Waals surface area (Å²) >= 11 is 0. The number of hydrogen-bond acceptors (Lipinski definition) is 6. The van der Waals surface area contributed by atoms with E-state index >= 15 is 0 Å². The lowest BCUT2D eigenvalue weighted by Gasteiger charge is -2.36. The predicted octanol–water partition coefficient (Wildman–Crippen LogP) is 2.63. The normalized spacial score (nSPS) is 21.5. The lowest BCUT2D eigenvalue weighted by molar-refractivity contribution is -0.144. The number of benzene rings is 1. The Labute approximate surface area is 206 Å². The Bertz CT molecular complexity index is 1150. The molecule has 3 atom stereocenters. The first-order valence-electron chi connectivity index (χ1n) is 12.1. The minimum atomic E-state index is -0.813. The number of nitriles is 1. The van der Waals surface area contributed by atoms with Crippen molar-refractivity contribution in [2.24, 2.45) is 5.41 Å². The van der Waals surface area contributed by atoms with Crippen LogP contribution in [0.1, 0.15) is 82.7 Å². The van der Waals surface area contributed by atoms with Gasteiger partial charge in [-0.25, -0.2) is 4.68 Å². The largest absolute Gasteiger partial charge is 0.391 e. The highest BCUT2D eigenvalue weighted by molar-refractivity contribution is 5.90. The van der Waals surface area contributed by atoms with Gasteiger partial charge >= 0.3 is 0 Å². The molecule has 2 heterocycles. The number of amides is 2. The maximum atomic E-state index is 13.9. The number of aromatic nitrogens is 3. The maximum Gasteiger partial charge on any atom is 0.248 e. The van der Waals surface area contributed by atoms with Crippen LogP contribution in [0.2, 0.25) is 0 Å². The Kier molecular flexibility index (Phi) is 6.45. The lowest BCUT2D eigenvalue weighted by atomic mass is 9.85. The highest BCUT2D eigenvalue weighted by atomic mass is 16.3. The number of nitrogens with one attached hydrogen (secondary N) is 1. The van der Waals surface area contributed by atoms with Crippen molar-refractivity contribution < 1.29 is 14.7 Å². The topological polar surface area (TPSA) is 124 Å². The van der Waals surface area contributed by atoms with E-state index in [1.165, 1.54) is 4.90 Å². The summed E-state index contributed by atoms with van der Waals surface area (Å²) in [5.74, 6) is -0.189.